The third-order valence-corrected chi connectivity index (χ3v) is 6.20. The van der Waals surface area contributed by atoms with Crippen molar-refractivity contribution >= 4 is 28.4 Å². The zero-order valence-electron chi connectivity index (χ0n) is 16.9. The highest BCUT2D eigenvalue weighted by atomic mass is 35.5. The Balaban J connectivity index is 1.56. The molecule has 154 valence electrons. The number of amides is 1. The van der Waals surface area contributed by atoms with Crippen LogP contribution < -0.4 is 9.47 Å². The average Bonchev–Trinajstić information content (AvgIpc) is 3.21. The van der Waals surface area contributed by atoms with Gasteiger partial charge in [-0.2, -0.15) is 0 Å². The molecule has 6 heteroatoms. The summed E-state index contributed by atoms with van der Waals surface area (Å²) in [7, 11) is 1.65. The minimum atomic E-state index is -0.488. The molecule has 0 saturated carbocycles. The number of nitrogens with zero attached hydrogens (tertiary/aromatic N) is 2. The third kappa shape index (κ3) is 3.37. The van der Waals surface area contributed by atoms with E-state index in [0.29, 0.717) is 11.4 Å². The molecule has 5 rings (SSSR count). The molecule has 0 N–H and O–H groups in total. The van der Waals surface area contributed by atoms with Crippen LogP contribution in [0.1, 0.15) is 24.8 Å². The summed E-state index contributed by atoms with van der Waals surface area (Å²) < 4.78 is 11.7. The van der Waals surface area contributed by atoms with Gasteiger partial charge in [-0.1, -0.05) is 11.6 Å². The van der Waals surface area contributed by atoms with Crippen molar-refractivity contribution in [3.8, 4) is 22.6 Å². The van der Waals surface area contributed by atoms with Gasteiger partial charge in [0.1, 0.15) is 11.5 Å². The number of carbonyl (C=O) groups is 1. The molecule has 1 atom stereocenters. The van der Waals surface area contributed by atoms with Gasteiger partial charge in [0.2, 0.25) is 0 Å². The highest BCUT2D eigenvalue weighted by Gasteiger charge is 2.35. The summed E-state index contributed by atoms with van der Waals surface area (Å²) >= 11 is 6.47. The highest BCUT2D eigenvalue weighted by molar-refractivity contribution is 6.31. The summed E-state index contributed by atoms with van der Waals surface area (Å²) in [5.74, 6) is 1.58. The number of hydrogen-bond donors (Lipinski definition) is 0. The van der Waals surface area contributed by atoms with E-state index in [1.807, 2.05) is 41.3 Å². The lowest BCUT2D eigenvalue weighted by atomic mass is 9.97. The van der Waals surface area contributed by atoms with E-state index in [1.165, 1.54) is 6.42 Å². The molecule has 3 heterocycles. The number of rotatable bonds is 3. The molecular weight excluding hydrogens is 400 g/mol. The Morgan fingerprint density at radius 2 is 1.97 bits per heavy atom. The van der Waals surface area contributed by atoms with Crippen LogP contribution in [0.25, 0.3) is 22.0 Å². The number of ether oxygens (including phenoxy) is 2. The first-order valence-corrected chi connectivity index (χ1v) is 10.7. The standard InChI is InChI=1S/C24H23ClN2O3/c1-29-17-5-6-21-19(14-17)18(7-8-26-21)20-13-16(25)11-15-12-22(30-23(15)20)24(28)27-9-3-2-4-10-27/h5-8,11,13-14,22H,2-4,9-10,12H2,1H3. The maximum Gasteiger partial charge on any atom is 0.263 e. The zero-order valence-corrected chi connectivity index (χ0v) is 17.6. The molecule has 30 heavy (non-hydrogen) atoms. The highest BCUT2D eigenvalue weighted by Crippen LogP contribution is 2.43. The number of methoxy groups -OCH3 is 1. The van der Waals surface area contributed by atoms with Crippen LogP contribution in [0.3, 0.4) is 0 Å². The van der Waals surface area contributed by atoms with Crippen LogP contribution in [0.5, 0.6) is 11.5 Å². The lowest BCUT2D eigenvalue weighted by Crippen LogP contribution is -2.43. The number of hydrogen-bond acceptors (Lipinski definition) is 4. The van der Waals surface area contributed by atoms with Gasteiger partial charge in [-0.3, -0.25) is 9.78 Å². The molecule has 2 aliphatic heterocycles. The van der Waals surface area contributed by atoms with Crippen LogP contribution in [0.2, 0.25) is 5.02 Å². The van der Waals surface area contributed by atoms with Gasteiger partial charge in [-0.25, -0.2) is 0 Å². The van der Waals surface area contributed by atoms with E-state index in [9.17, 15) is 4.79 Å². The van der Waals surface area contributed by atoms with Crippen molar-refractivity contribution in [1.29, 1.82) is 0 Å². The van der Waals surface area contributed by atoms with E-state index in [0.717, 1.165) is 65.0 Å². The zero-order chi connectivity index (χ0) is 20.7. The number of likely N-dealkylation sites (tertiary alicyclic amines) is 1. The first-order valence-electron chi connectivity index (χ1n) is 10.3. The molecule has 1 saturated heterocycles. The maximum atomic E-state index is 13.0. The van der Waals surface area contributed by atoms with E-state index >= 15 is 0 Å². The molecule has 1 fully saturated rings. The summed E-state index contributed by atoms with van der Waals surface area (Å²) in [5, 5.41) is 1.59. The Labute approximate surface area is 180 Å². The number of fused-ring (bicyclic) bond motifs is 2. The number of benzene rings is 2. The van der Waals surface area contributed by atoms with Crippen LogP contribution in [-0.4, -0.2) is 42.1 Å². The van der Waals surface area contributed by atoms with Crippen LogP contribution in [0.4, 0.5) is 0 Å². The minimum absolute atomic E-state index is 0.0780. The fraction of sp³-hybridized carbons (Fsp3) is 0.333. The number of aromatic nitrogens is 1. The first kappa shape index (κ1) is 19.2. The van der Waals surface area contributed by atoms with Crippen molar-refractivity contribution in [2.75, 3.05) is 20.2 Å². The smallest absolute Gasteiger partial charge is 0.263 e. The first-order chi connectivity index (χ1) is 14.6. The van der Waals surface area contributed by atoms with Crippen molar-refractivity contribution in [3.63, 3.8) is 0 Å². The summed E-state index contributed by atoms with van der Waals surface area (Å²) in [5.41, 5.74) is 3.68. The van der Waals surface area contributed by atoms with Crippen LogP contribution in [-0.2, 0) is 11.2 Å². The molecule has 0 aliphatic carbocycles. The predicted octanol–water partition coefficient (Wildman–Crippen LogP) is 4.88. The van der Waals surface area contributed by atoms with Gasteiger partial charge in [-0.15, -0.1) is 0 Å². The van der Waals surface area contributed by atoms with E-state index in [-0.39, 0.29) is 5.91 Å². The lowest BCUT2D eigenvalue weighted by molar-refractivity contribution is -0.138. The fourth-order valence-electron chi connectivity index (χ4n) is 4.47. The van der Waals surface area contributed by atoms with Crippen molar-refractivity contribution in [1.82, 2.24) is 9.88 Å². The molecular formula is C24H23ClN2O3. The van der Waals surface area contributed by atoms with Crippen LogP contribution in [0, 0.1) is 0 Å². The molecule has 2 aliphatic rings. The second kappa shape index (κ2) is 7.80. The molecule has 3 aromatic rings. The minimum Gasteiger partial charge on any atom is -0.497 e. The Morgan fingerprint density at radius 3 is 2.77 bits per heavy atom. The number of pyridine rings is 1. The van der Waals surface area contributed by atoms with E-state index in [2.05, 4.69) is 4.98 Å². The van der Waals surface area contributed by atoms with Crippen molar-refractivity contribution in [2.24, 2.45) is 0 Å². The molecule has 5 nitrogen and oxygen atoms in total. The Kier molecular flexibility index (Phi) is 4.99. The van der Waals surface area contributed by atoms with Crippen molar-refractivity contribution in [3.05, 3.63) is 53.2 Å². The van der Waals surface area contributed by atoms with E-state index < -0.39 is 6.10 Å². The summed E-state index contributed by atoms with van der Waals surface area (Å²) in [6.45, 7) is 1.63. The number of halogens is 1. The SMILES string of the molecule is COc1ccc2nccc(-c3cc(Cl)cc4c3OC(C(=O)N3CCCCC3)C4)c2c1. The Morgan fingerprint density at radius 1 is 1.13 bits per heavy atom. The molecule has 1 aromatic heterocycles. The van der Waals surface area contributed by atoms with Crippen LogP contribution in [0.15, 0.2) is 42.6 Å². The van der Waals surface area contributed by atoms with Gasteiger partial charge in [0.25, 0.3) is 5.91 Å². The molecule has 2 aromatic carbocycles. The van der Waals surface area contributed by atoms with Crippen molar-refractivity contribution < 1.29 is 14.3 Å². The quantitative estimate of drug-likeness (QED) is 0.603. The van der Waals surface area contributed by atoms with Gasteiger partial charge < -0.3 is 14.4 Å². The second-order valence-corrected chi connectivity index (χ2v) is 8.32. The number of carbonyl (C=O) groups excluding carboxylic acids is 1. The van der Waals surface area contributed by atoms with Gasteiger partial charge >= 0.3 is 0 Å². The summed E-state index contributed by atoms with van der Waals surface area (Å²) in [6.07, 6.45) is 5.15. The maximum absolute atomic E-state index is 13.0. The van der Waals surface area contributed by atoms with E-state index in [4.69, 9.17) is 21.1 Å². The van der Waals surface area contributed by atoms with Crippen molar-refractivity contribution in [2.45, 2.75) is 31.8 Å². The van der Waals surface area contributed by atoms with Gasteiger partial charge in [0.05, 0.1) is 12.6 Å². The third-order valence-electron chi connectivity index (χ3n) is 5.98. The summed E-state index contributed by atoms with van der Waals surface area (Å²) in [4.78, 5) is 19.5. The second-order valence-electron chi connectivity index (χ2n) is 7.88. The Hall–Kier alpha value is -2.79. The molecule has 0 radical (unpaired) electrons. The largest absolute Gasteiger partial charge is 0.497 e. The summed E-state index contributed by atoms with van der Waals surface area (Å²) in [6, 6.07) is 11.6. The molecule has 1 amide bonds. The number of piperidine rings is 1. The predicted molar refractivity (Wildman–Crippen MR) is 117 cm³/mol. The molecule has 1 unspecified atom stereocenters. The van der Waals surface area contributed by atoms with Gasteiger partial charge in [0, 0.05) is 47.2 Å². The molecule has 0 spiro atoms. The average molecular weight is 423 g/mol. The molecule has 0 bridgehead atoms. The van der Waals surface area contributed by atoms with Crippen LogP contribution >= 0.6 is 11.6 Å². The van der Waals surface area contributed by atoms with Gasteiger partial charge in [-0.05, 0) is 61.2 Å². The monoisotopic (exact) mass is 422 g/mol. The van der Waals surface area contributed by atoms with E-state index in [1.54, 1.807) is 13.3 Å². The fourth-order valence-corrected chi connectivity index (χ4v) is 4.71. The lowest BCUT2D eigenvalue weighted by Gasteiger charge is -2.28. The normalized spacial score (nSPS) is 18.2. The Bertz CT molecular complexity index is 1120. The topological polar surface area (TPSA) is 51.7 Å². The van der Waals surface area contributed by atoms with Gasteiger partial charge in [0.15, 0.2) is 6.10 Å².